The number of ketones is 1. The summed E-state index contributed by atoms with van der Waals surface area (Å²) in [5.74, 6) is -1.53. The lowest BCUT2D eigenvalue weighted by Gasteiger charge is -2.25. The van der Waals surface area contributed by atoms with Gasteiger partial charge < -0.3 is 35.4 Å². The van der Waals surface area contributed by atoms with E-state index in [0.717, 1.165) is 0 Å². The Morgan fingerprint density at radius 3 is 2.10 bits per heavy atom. The van der Waals surface area contributed by atoms with Gasteiger partial charge in [-0.15, -0.1) is 0 Å². The Morgan fingerprint density at radius 1 is 1.05 bits per heavy atom. The number of Topliss-reactive ketones (excluding diaryl/α,β-unsaturated/α-hetero) is 1. The lowest BCUT2D eigenvalue weighted by molar-refractivity contribution is -0.149. The Bertz CT molecular complexity index is 333. The number of carbonyl (C=O) groups excluding carboxylic acids is 2. The van der Waals surface area contributed by atoms with Gasteiger partial charge in [0.2, 0.25) is 0 Å². The zero-order valence-electron chi connectivity index (χ0n) is 11.6. The van der Waals surface area contributed by atoms with Crippen LogP contribution in [0.25, 0.3) is 0 Å². The minimum absolute atomic E-state index is 0.0664. The van der Waals surface area contributed by atoms with Gasteiger partial charge in [0.05, 0.1) is 19.8 Å². The predicted molar refractivity (Wildman–Crippen MR) is 68.0 cm³/mol. The van der Waals surface area contributed by atoms with Gasteiger partial charge >= 0.3 is 5.97 Å². The first-order valence-electron chi connectivity index (χ1n) is 6.35. The summed E-state index contributed by atoms with van der Waals surface area (Å²) in [5.41, 5.74) is 0. The summed E-state index contributed by atoms with van der Waals surface area (Å²) in [4.78, 5) is 22.4. The van der Waals surface area contributed by atoms with Crippen LogP contribution in [-0.2, 0) is 14.3 Å². The first-order valence-corrected chi connectivity index (χ1v) is 6.35. The average Bonchev–Trinajstić information content (AvgIpc) is 2.49. The van der Waals surface area contributed by atoms with Gasteiger partial charge in [-0.3, -0.25) is 9.59 Å². The van der Waals surface area contributed by atoms with Crippen molar-refractivity contribution in [2.45, 2.75) is 49.8 Å². The summed E-state index contributed by atoms with van der Waals surface area (Å²) in [7, 11) is 1.17. The maximum Gasteiger partial charge on any atom is 0.305 e. The van der Waals surface area contributed by atoms with Crippen molar-refractivity contribution in [1.29, 1.82) is 0 Å². The van der Waals surface area contributed by atoms with Crippen LogP contribution in [0.15, 0.2) is 0 Å². The summed E-state index contributed by atoms with van der Waals surface area (Å²) in [6, 6.07) is 0. The summed E-state index contributed by atoms with van der Waals surface area (Å²) >= 11 is 0. The Morgan fingerprint density at radius 2 is 1.62 bits per heavy atom. The quantitative estimate of drug-likeness (QED) is 0.227. The standard InChI is InChI=1S/C12H22O9/c1-21-9(17)3-2-6(14)4-7(15)10(18)12(20)11(19)8(16)5-13/h6,8,10-14,16,18-20H,2-5H2,1H3/t6?,8-,10+,11-,12-/m1/s1. The van der Waals surface area contributed by atoms with Crippen LogP contribution in [0.4, 0.5) is 0 Å². The second-order valence-electron chi connectivity index (χ2n) is 4.62. The van der Waals surface area contributed by atoms with Crippen LogP contribution >= 0.6 is 0 Å². The summed E-state index contributed by atoms with van der Waals surface area (Å²) in [5, 5.41) is 55.6. The molecule has 0 fully saturated rings. The molecule has 0 aromatic rings. The van der Waals surface area contributed by atoms with Crippen molar-refractivity contribution in [3.63, 3.8) is 0 Å². The molecule has 0 bridgehead atoms. The third-order valence-corrected chi connectivity index (χ3v) is 2.93. The van der Waals surface area contributed by atoms with Gasteiger partial charge in [-0.25, -0.2) is 0 Å². The smallest absolute Gasteiger partial charge is 0.305 e. The van der Waals surface area contributed by atoms with E-state index in [-0.39, 0.29) is 12.8 Å². The lowest BCUT2D eigenvalue weighted by Crippen LogP contribution is -2.49. The Labute approximate surface area is 121 Å². The average molecular weight is 310 g/mol. The normalized spacial score (nSPS) is 18.4. The highest BCUT2D eigenvalue weighted by Crippen LogP contribution is 2.11. The summed E-state index contributed by atoms with van der Waals surface area (Å²) in [6.07, 6.45) is -9.62. The molecule has 0 saturated carbocycles. The molecule has 21 heavy (non-hydrogen) atoms. The predicted octanol–water partition coefficient (Wildman–Crippen LogP) is -3.30. The number of hydrogen-bond donors (Lipinski definition) is 6. The molecule has 0 rings (SSSR count). The topological polar surface area (TPSA) is 165 Å². The number of carbonyl (C=O) groups is 2. The fourth-order valence-corrected chi connectivity index (χ4v) is 1.55. The molecule has 0 amide bonds. The maximum atomic E-state index is 11.6. The lowest BCUT2D eigenvalue weighted by atomic mass is 9.96. The third kappa shape index (κ3) is 6.93. The molecule has 1 unspecified atom stereocenters. The molecule has 6 N–H and O–H groups in total. The van der Waals surface area contributed by atoms with Crippen LogP contribution in [0, 0.1) is 0 Å². The number of aliphatic hydroxyl groups excluding tert-OH is 6. The van der Waals surface area contributed by atoms with E-state index in [2.05, 4.69) is 4.74 Å². The number of hydrogen-bond acceptors (Lipinski definition) is 9. The fraction of sp³-hybridized carbons (Fsp3) is 0.833. The highest BCUT2D eigenvalue weighted by molar-refractivity contribution is 5.84. The van der Waals surface area contributed by atoms with E-state index in [1.54, 1.807) is 0 Å². The molecular formula is C12H22O9. The highest BCUT2D eigenvalue weighted by atomic mass is 16.5. The molecule has 0 radical (unpaired) electrons. The zero-order chi connectivity index (χ0) is 16.6. The van der Waals surface area contributed by atoms with E-state index in [4.69, 9.17) is 10.2 Å². The van der Waals surface area contributed by atoms with Crippen molar-refractivity contribution in [2.24, 2.45) is 0 Å². The Balaban J connectivity index is 4.34. The first kappa shape index (κ1) is 19.9. The van der Waals surface area contributed by atoms with Crippen molar-refractivity contribution in [1.82, 2.24) is 0 Å². The van der Waals surface area contributed by atoms with Crippen LogP contribution < -0.4 is 0 Å². The highest BCUT2D eigenvalue weighted by Gasteiger charge is 2.34. The Hall–Kier alpha value is -1.10. The molecule has 0 aliphatic carbocycles. The van der Waals surface area contributed by atoms with E-state index in [0.29, 0.717) is 0 Å². The first-order chi connectivity index (χ1) is 9.74. The molecule has 0 aliphatic heterocycles. The number of esters is 1. The van der Waals surface area contributed by atoms with Crippen LogP contribution in [0.1, 0.15) is 19.3 Å². The molecule has 0 saturated heterocycles. The molecule has 5 atom stereocenters. The van der Waals surface area contributed by atoms with Gasteiger partial charge in [0.1, 0.15) is 24.4 Å². The van der Waals surface area contributed by atoms with Crippen LogP contribution in [0.3, 0.4) is 0 Å². The van der Waals surface area contributed by atoms with Crippen molar-refractivity contribution in [3.8, 4) is 0 Å². The number of methoxy groups -OCH3 is 1. The summed E-state index contributed by atoms with van der Waals surface area (Å²) < 4.78 is 4.35. The number of ether oxygens (including phenoxy) is 1. The molecule has 0 spiro atoms. The van der Waals surface area contributed by atoms with Gasteiger partial charge in [0.25, 0.3) is 0 Å². The second kappa shape index (κ2) is 9.77. The molecule has 9 heteroatoms. The van der Waals surface area contributed by atoms with Crippen LogP contribution in [-0.4, -0.2) is 86.6 Å². The van der Waals surface area contributed by atoms with E-state index < -0.39 is 55.3 Å². The minimum atomic E-state index is -2.03. The Kier molecular flexibility index (Phi) is 9.26. The molecule has 0 aromatic heterocycles. The van der Waals surface area contributed by atoms with E-state index >= 15 is 0 Å². The van der Waals surface area contributed by atoms with Crippen molar-refractivity contribution >= 4 is 11.8 Å². The number of rotatable bonds is 10. The fourth-order valence-electron chi connectivity index (χ4n) is 1.55. The monoisotopic (exact) mass is 310 g/mol. The van der Waals surface area contributed by atoms with Crippen molar-refractivity contribution in [3.05, 3.63) is 0 Å². The SMILES string of the molecule is COC(=O)CCC(O)CC(=O)[C@H](O)[C@@H](O)[C@H](O)[C@H](O)CO. The van der Waals surface area contributed by atoms with Gasteiger partial charge in [0, 0.05) is 12.8 Å². The molecule has 0 aromatic carbocycles. The molecule has 0 aliphatic rings. The molecule has 0 heterocycles. The third-order valence-electron chi connectivity index (χ3n) is 2.93. The summed E-state index contributed by atoms with van der Waals surface area (Å²) in [6.45, 7) is -0.860. The zero-order valence-corrected chi connectivity index (χ0v) is 11.6. The van der Waals surface area contributed by atoms with E-state index in [1.165, 1.54) is 7.11 Å². The van der Waals surface area contributed by atoms with Gasteiger partial charge in [0.15, 0.2) is 5.78 Å². The van der Waals surface area contributed by atoms with Gasteiger partial charge in [-0.05, 0) is 6.42 Å². The molecule has 9 nitrogen and oxygen atoms in total. The molecular weight excluding hydrogens is 288 g/mol. The van der Waals surface area contributed by atoms with Crippen LogP contribution in [0.5, 0.6) is 0 Å². The molecule has 124 valence electrons. The van der Waals surface area contributed by atoms with E-state index in [9.17, 15) is 30.0 Å². The maximum absolute atomic E-state index is 11.6. The van der Waals surface area contributed by atoms with Crippen molar-refractivity contribution in [2.75, 3.05) is 13.7 Å². The minimum Gasteiger partial charge on any atom is -0.469 e. The van der Waals surface area contributed by atoms with E-state index in [1.807, 2.05) is 0 Å². The van der Waals surface area contributed by atoms with Gasteiger partial charge in [-0.1, -0.05) is 0 Å². The number of aliphatic hydroxyl groups is 6. The second-order valence-corrected chi connectivity index (χ2v) is 4.62. The van der Waals surface area contributed by atoms with Crippen molar-refractivity contribution < 1.29 is 45.0 Å². The van der Waals surface area contributed by atoms with Crippen LogP contribution in [0.2, 0.25) is 0 Å². The van der Waals surface area contributed by atoms with Gasteiger partial charge in [-0.2, -0.15) is 0 Å². The largest absolute Gasteiger partial charge is 0.469 e.